The molecule has 3 rings (SSSR count). The molecule has 2 fully saturated rings. The molecule has 1 N–H and O–H groups in total. The van der Waals surface area contributed by atoms with Crippen LogP contribution in [0.2, 0.25) is 0 Å². The fourth-order valence-electron chi connectivity index (χ4n) is 2.25. The van der Waals surface area contributed by atoms with Crippen molar-refractivity contribution in [3.63, 3.8) is 0 Å². The van der Waals surface area contributed by atoms with Gasteiger partial charge in [0.1, 0.15) is 5.82 Å². The molecular weight excluding hydrogens is 204 g/mol. The number of carboxylic acids is 1. The number of rotatable bonds is 3. The van der Waals surface area contributed by atoms with E-state index >= 15 is 0 Å². The van der Waals surface area contributed by atoms with Crippen molar-refractivity contribution in [3.8, 4) is 0 Å². The Morgan fingerprint density at radius 1 is 1.44 bits per heavy atom. The van der Waals surface area contributed by atoms with Gasteiger partial charge in [0.2, 0.25) is 0 Å². The second kappa shape index (κ2) is 3.54. The molecule has 4 nitrogen and oxygen atoms in total. The molecule has 2 unspecified atom stereocenters. The highest BCUT2D eigenvalue weighted by Crippen LogP contribution is 2.46. The Hall–Kier alpha value is -1.45. The normalized spacial score (nSPS) is 28.5. The Kier molecular flexibility index (Phi) is 2.16. The summed E-state index contributed by atoms with van der Waals surface area (Å²) >= 11 is 0. The largest absolute Gasteiger partial charge is 0.481 e. The van der Waals surface area contributed by atoms with Crippen molar-refractivity contribution >= 4 is 5.97 Å². The topological polar surface area (TPSA) is 63.1 Å². The third-order valence-corrected chi connectivity index (χ3v) is 3.66. The molecule has 0 saturated heterocycles. The molecule has 2 aliphatic rings. The van der Waals surface area contributed by atoms with Crippen LogP contribution in [0.25, 0.3) is 0 Å². The molecule has 84 valence electrons. The summed E-state index contributed by atoms with van der Waals surface area (Å²) in [6, 6.07) is 1.96. The first-order valence-corrected chi connectivity index (χ1v) is 5.81. The van der Waals surface area contributed by atoms with Crippen LogP contribution in [-0.4, -0.2) is 21.0 Å². The molecule has 0 bridgehead atoms. The maximum Gasteiger partial charge on any atom is 0.307 e. The van der Waals surface area contributed by atoms with Crippen LogP contribution in [0.4, 0.5) is 0 Å². The van der Waals surface area contributed by atoms with Crippen LogP contribution < -0.4 is 0 Å². The van der Waals surface area contributed by atoms with E-state index < -0.39 is 5.97 Å². The average Bonchev–Trinajstić information content (AvgIpc) is 2.94. The molecule has 1 heterocycles. The van der Waals surface area contributed by atoms with Gasteiger partial charge in [0.25, 0.3) is 0 Å². The van der Waals surface area contributed by atoms with E-state index in [9.17, 15) is 4.79 Å². The first-order valence-electron chi connectivity index (χ1n) is 5.81. The van der Waals surface area contributed by atoms with Crippen molar-refractivity contribution in [1.29, 1.82) is 0 Å². The number of hydrogen-bond donors (Lipinski definition) is 1. The fourth-order valence-corrected chi connectivity index (χ4v) is 2.25. The zero-order chi connectivity index (χ0) is 11.1. The van der Waals surface area contributed by atoms with E-state index in [-0.39, 0.29) is 11.8 Å². The predicted molar refractivity (Wildman–Crippen MR) is 57.1 cm³/mol. The number of hydrogen-bond acceptors (Lipinski definition) is 3. The SMILES string of the molecule is O=C(O)C1CC1c1nccc(C2CCC2)n1. The Bertz CT molecular complexity index is 429. The van der Waals surface area contributed by atoms with Gasteiger partial charge in [0, 0.05) is 23.7 Å². The van der Waals surface area contributed by atoms with Gasteiger partial charge in [-0.1, -0.05) is 6.42 Å². The molecule has 2 atom stereocenters. The summed E-state index contributed by atoms with van der Waals surface area (Å²) in [4.78, 5) is 19.5. The first kappa shape index (κ1) is 9.75. The molecule has 1 aromatic rings. The zero-order valence-electron chi connectivity index (χ0n) is 8.97. The number of carbonyl (C=O) groups is 1. The van der Waals surface area contributed by atoms with Crippen molar-refractivity contribution in [2.45, 2.75) is 37.5 Å². The minimum absolute atomic E-state index is 0.0533. The van der Waals surface area contributed by atoms with Gasteiger partial charge in [-0.2, -0.15) is 0 Å². The first-order chi connectivity index (χ1) is 7.75. The monoisotopic (exact) mass is 218 g/mol. The van der Waals surface area contributed by atoms with Crippen LogP contribution in [0.15, 0.2) is 12.3 Å². The van der Waals surface area contributed by atoms with Crippen LogP contribution in [0.1, 0.15) is 49.0 Å². The van der Waals surface area contributed by atoms with Crippen LogP contribution in [0.3, 0.4) is 0 Å². The summed E-state index contributed by atoms with van der Waals surface area (Å²) in [6.45, 7) is 0. The maximum atomic E-state index is 10.8. The zero-order valence-corrected chi connectivity index (χ0v) is 8.97. The highest BCUT2D eigenvalue weighted by Gasteiger charge is 2.46. The van der Waals surface area contributed by atoms with Crippen molar-refractivity contribution in [3.05, 3.63) is 23.8 Å². The Morgan fingerprint density at radius 3 is 2.81 bits per heavy atom. The van der Waals surface area contributed by atoms with Crippen molar-refractivity contribution < 1.29 is 9.90 Å². The standard InChI is InChI=1S/C12H14N2O2/c15-12(16)9-6-8(9)11-13-5-4-10(14-11)7-2-1-3-7/h4-5,7-9H,1-3,6H2,(H,15,16). The van der Waals surface area contributed by atoms with Gasteiger partial charge < -0.3 is 5.11 Å². The molecule has 16 heavy (non-hydrogen) atoms. The third kappa shape index (κ3) is 1.58. The maximum absolute atomic E-state index is 10.8. The number of nitrogens with zero attached hydrogens (tertiary/aromatic N) is 2. The van der Waals surface area contributed by atoms with Crippen molar-refractivity contribution in [2.24, 2.45) is 5.92 Å². The van der Waals surface area contributed by atoms with E-state index in [4.69, 9.17) is 5.11 Å². The molecule has 1 aromatic heterocycles. The van der Waals surface area contributed by atoms with E-state index in [1.165, 1.54) is 19.3 Å². The molecule has 0 radical (unpaired) electrons. The average molecular weight is 218 g/mol. The quantitative estimate of drug-likeness (QED) is 0.842. The minimum atomic E-state index is -0.720. The van der Waals surface area contributed by atoms with E-state index in [0.29, 0.717) is 12.3 Å². The molecule has 0 spiro atoms. The Morgan fingerprint density at radius 2 is 2.25 bits per heavy atom. The summed E-state index contributed by atoms with van der Waals surface area (Å²) in [6.07, 6.45) is 6.18. The smallest absolute Gasteiger partial charge is 0.307 e. The van der Waals surface area contributed by atoms with E-state index in [2.05, 4.69) is 9.97 Å². The lowest BCUT2D eigenvalue weighted by Gasteiger charge is -2.24. The highest BCUT2D eigenvalue weighted by atomic mass is 16.4. The van der Waals surface area contributed by atoms with Crippen LogP contribution in [-0.2, 0) is 4.79 Å². The number of aromatic nitrogens is 2. The summed E-state index contributed by atoms with van der Waals surface area (Å²) in [5, 5.41) is 8.87. The number of carboxylic acid groups (broad SMARTS) is 1. The Balaban J connectivity index is 1.78. The Labute approximate surface area is 93.7 Å². The molecule has 2 aliphatic carbocycles. The van der Waals surface area contributed by atoms with Gasteiger partial charge in [0.05, 0.1) is 5.92 Å². The molecule has 0 aliphatic heterocycles. The molecular formula is C12H14N2O2. The number of aliphatic carboxylic acids is 1. The van der Waals surface area contributed by atoms with Gasteiger partial charge in [-0.15, -0.1) is 0 Å². The highest BCUT2D eigenvalue weighted by molar-refractivity contribution is 5.74. The van der Waals surface area contributed by atoms with E-state index in [1.807, 2.05) is 6.07 Å². The van der Waals surface area contributed by atoms with Gasteiger partial charge in [0.15, 0.2) is 0 Å². The van der Waals surface area contributed by atoms with Crippen LogP contribution in [0, 0.1) is 5.92 Å². The fraction of sp³-hybridized carbons (Fsp3) is 0.583. The van der Waals surface area contributed by atoms with Crippen LogP contribution >= 0.6 is 0 Å². The summed E-state index contributed by atoms with van der Waals surface area (Å²) in [5.74, 6) is 0.400. The predicted octanol–water partition coefficient (Wildman–Crippen LogP) is 1.93. The molecule has 0 aromatic carbocycles. The van der Waals surface area contributed by atoms with Gasteiger partial charge in [-0.3, -0.25) is 4.79 Å². The second-order valence-corrected chi connectivity index (χ2v) is 4.75. The van der Waals surface area contributed by atoms with E-state index in [0.717, 1.165) is 11.5 Å². The van der Waals surface area contributed by atoms with Gasteiger partial charge in [-0.05, 0) is 25.3 Å². The summed E-state index contributed by atoms with van der Waals surface area (Å²) in [7, 11) is 0. The molecule has 2 saturated carbocycles. The van der Waals surface area contributed by atoms with Crippen LogP contribution in [0.5, 0.6) is 0 Å². The lowest BCUT2D eigenvalue weighted by Crippen LogP contribution is -2.12. The third-order valence-electron chi connectivity index (χ3n) is 3.66. The van der Waals surface area contributed by atoms with E-state index in [1.54, 1.807) is 6.20 Å². The minimum Gasteiger partial charge on any atom is -0.481 e. The molecule has 4 heteroatoms. The lowest BCUT2D eigenvalue weighted by molar-refractivity contribution is -0.138. The summed E-state index contributed by atoms with van der Waals surface area (Å²) in [5.41, 5.74) is 1.10. The lowest BCUT2D eigenvalue weighted by atomic mass is 9.83. The van der Waals surface area contributed by atoms with Gasteiger partial charge in [-0.25, -0.2) is 9.97 Å². The second-order valence-electron chi connectivity index (χ2n) is 4.75. The van der Waals surface area contributed by atoms with Crippen molar-refractivity contribution in [1.82, 2.24) is 9.97 Å². The summed E-state index contributed by atoms with van der Waals surface area (Å²) < 4.78 is 0. The van der Waals surface area contributed by atoms with Gasteiger partial charge >= 0.3 is 5.97 Å². The molecule has 0 amide bonds. The van der Waals surface area contributed by atoms with Crippen molar-refractivity contribution in [2.75, 3.05) is 0 Å².